The molecule has 0 spiro atoms. The zero-order valence-corrected chi connectivity index (χ0v) is 16.6. The molecule has 8 nitrogen and oxygen atoms in total. The third-order valence-corrected chi connectivity index (χ3v) is 6.96. The number of hydrogen-bond acceptors (Lipinski definition) is 5. The van der Waals surface area contributed by atoms with Crippen LogP contribution >= 0.6 is 15.9 Å². The van der Waals surface area contributed by atoms with E-state index >= 15 is 0 Å². The Morgan fingerprint density at radius 2 is 1.96 bits per heavy atom. The van der Waals surface area contributed by atoms with Gasteiger partial charge in [0.1, 0.15) is 0 Å². The monoisotopic (exact) mass is 442 g/mol. The summed E-state index contributed by atoms with van der Waals surface area (Å²) < 4.78 is 32.4. The van der Waals surface area contributed by atoms with Crippen molar-refractivity contribution in [1.82, 2.24) is 19.8 Å². The molecule has 1 fully saturated rings. The summed E-state index contributed by atoms with van der Waals surface area (Å²) in [5.41, 5.74) is 1.85. The van der Waals surface area contributed by atoms with Gasteiger partial charge in [0.15, 0.2) is 5.69 Å². The number of benzene rings is 1. The number of carbonyl (C=O) groups is 1. The van der Waals surface area contributed by atoms with Crippen LogP contribution in [0, 0.1) is 6.92 Å². The number of nitrogens with one attached hydrogen (secondary N) is 2. The van der Waals surface area contributed by atoms with Crippen molar-refractivity contribution < 1.29 is 17.9 Å². The summed E-state index contributed by atoms with van der Waals surface area (Å²) in [6.45, 7) is 3.61. The highest BCUT2D eigenvalue weighted by Gasteiger charge is 2.26. The number of aryl methyl sites for hydroxylation is 1. The predicted octanol–water partition coefficient (Wildman–Crippen LogP) is 1.43. The van der Waals surface area contributed by atoms with Crippen molar-refractivity contribution in [2.24, 2.45) is 0 Å². The molecule has 2 heterocycles. The van der Waals surface area contributed by atoms with Crippen molar-refractivity contribution in [3.8, 4) is 0 Å². The summed E-state index contributed by atoms with van der Waals surface area (Å²) in [5, 5.41) is 9.44. The van der Waals surface area contributed by atoms with Crippen LogP contribution < -0.4 is 5.32 Å². The first-order valence-corrected chi connectivity index (χ1v) is 10.3. The lowest BCUT2D eigenvalue weighted by Gasteiger charge is -2.26. The lowest BCUT2D eigenvalue weighted by atomic mass is 10.2. The molecule has 0 atom stereocenters. The highest BCUT2D eigenvalue weighted by Crippen LogP contribution is 2.19. The number of H-pyrrole nitrogens is 1. The molecule has 0 unspecified atom stereocenters. The molecule has 1 aliphatic heterocycles. The third-order valence-electron chi connectivity index (χ3n) is 4.07. The molecule has 1 saturated heterocycles. The summed E-state index contributed by atoms with van der Waals surface area (Å²) in [4.78, 5) is 12.4. The van der Waals surface area contributed by atoms with E-state index in [2.05, 4.69) is 31.4 Å². The summed E-state index contributed by atoms with van der Waals surface area (Å²) >= 11 is 3.31. The Labute approximate surface area is 160 Å². The number of aromatic nitrogens is 2. The maximum absolute atomic E-state index is 12.6. The molecule has 140 valence electrons. The van der Waals surface area contributed by atoms with E-state index in [1.54, 1.807) is 24.3 Å². The van der Waals surface area contributed by atoms with Crippen molar-refractivity contribution >= 4 is 31.9 Å². The van der Waals surface area contributed by atoms with Crippen LogP contribution in [0.25, 0.3) is 0 Å². The van der Waals surface area contributed by atoms with E-state index in [0.29, 0.717) is 30.8 Å². The minimum absolute atomic E-state index is 0.236. The molecule has 2 N–H and O–H groups in total. The quantitative estimate of drug-likeness (QED) is 0.728. The average molecular weight is 443 g/mol. The summed E-state index contributed by atoms with van der Waals surface area (Å²) in [7, 11) is -3.51. The summed E-state index contributed by atoms with van der Waals surface area (Å²) in [6.07, 6.45) is 0. The van der Waals surface area contributed by atoms with Gasteiger partial charge in [-0.2, -0.15) is 9.40 Å². The number of ether oxygens (including phenoxy) is 1. The first-order valence-electron chi connectivity index (χ1n) is 8.05. The van der Waals surface area contributed by atoms with Gasteiger partial charge in [0.2, 0.25) is 10.0 Å². The van der Waals surface area contributed by atoms with E-state index in [0.717, 1.165) is 11.3 Å². The van der Waals surface area contributed by atoms with Gasteiger partial charge in [-0.05, 0) is 40.5 Å². The molecule has 0 aliphatic carbocycles. The van der Waals surface area contributed by atoms with Crippen LogP contribution in [-0.2, 0) is 21.3 Å². The van der Waals surface area contributed by atoms with Gasteiger partial charge in [0, 0.05) is 25.3 Å². The SMILES string of the molecule is Cc1[nH]nc(C(=O)NCc2ccc(S(=O)(=O)N3CCOCC3)cc2)c1Br. The molecule has 26 heavy (non-hydrogen) atoms. The van der Waals surface area contributed by atoms with Gasteiger partial charge < -0.3 is 10.1 Å². The second-order valence-corrected chi connectivity index (χ2v) is 8.59. The second kappa shape index (κ2) is 7.87. The Hall–Kier alpha value is -1.75. The number of nitrogens with zero attached hydrogens (tertiary/aromatic N) is 2. The van der Waals surface area contributed by atoms with Gasteiger partial charge in [-0.3, -0.25) is 9.89 Å². The lowest BCUT2D eigenvalue weighted by molar-refractivity contribution is 0.0730. The van der Waals surface area contributed by atoms with Crippen LogP contribution in [0.4, 0.5) is 0 Å². The molecule has 1 aromatic carbocycles. The number of carbonyl (C=O) groups excluding carboxylic acids is 1. The second-order valence-electron chi connectivity index (χ2n) is 5.85. The van der Waals surface area contributed by atoms with Crippen LogP contribution in [0.5, 0.6) is 0 Å². The topological polar surface area (TPSA) is 104 Å². The van der Waals surface area contributed by atoms with Crippen molar-refractivity contribution in [3.05, 3.63) is 45.7 Å². The fourth-order valence-corrected chi connectivity index (χ4v) is 4.31. The Kier molecular flexibility index (Phi) is 5.76. The number of halogens is 1. The van der Waals surface area contributed by atoms with Crippen LogP contribution in [0.1, 0.15) is 21.7 Å². The van der Waals surface area contributed by atoms with Gasteiger partial charge in [-0.25, -0.2) is 8.42 Å². The minimum Gasteiger partial charge on any atom is -0.379 e. The molecule has 10 heteroatoms. The van der Waals surface area contributed by atoms with E-state index in [9.17, 15) is 13.2 Å². The van der Waals surface area contributed by atoms with E-state index in [1.807, 2.05) is 6.92 Å². The Balaban J connectivity index is 1.64. The van der Waals surface area contributed by atoms with Gasteiger partial charge >= 0.3 is 0 Å². The smallest absolute Gasteiger partial charge is 0.273 e. The molecule has 0 radical (unpaired) electrons. The van der Waals surface area contributed by atoms with Crippen molar-refractivity contribution in [3.63, 3.8) is 0 Å². The van der Waals surface area contributed by atoms with Gasteiger partial charge in [0.05, 0.1) is 22.6 Å². The fraction of sp³-hybridized carbons (Fsp3) is 0.375. The molecule has 1 aromatic heterocycles. The van der Waals surface area contributed by atoms with Crippen molar-refractivity contribution in [2.75, 3.05) is 26.3 Å². The molecule has 3 rings (SSSR count). The van der Waals surface area contributed by atoms with Crippen LogP contribution in [0.2, 0.25) is 0 Å². The molecular formula is C16H19BrN4O4S. The normalized spacial score (nSPS) is 15.8. The number of rotatable bonds is 5. The van der Waals surface area contributed by atoms with Gasteiger partial charge in [0.25, 0.3) is 5.91 Å². The average Bonchev–Trinajstić information content (AvgIpc) is 3.00. The standard InChI is InChI=1S/C16H19BrN4O4S/c1-11-14(17)15(20-19-11)16(22)18-10-12-2-4-13(5-3-12)26(23,24)21-6-8-25-9-7-21/h2-5H,6-10H2,1H3,(H,18,22)(H,19,20). The highest BCUT2D eigenvalue weighted by molar-refractivity contribution is 9.10. The molecule has 2 aromatic rings. The van der Waals surface area contributed by atoms with Crippen LogP contribution in [0.15, 0.2) is 33.6 Å². The number of aromatic amines is 1. The Morgan fingerprint density at radius 1 is 1.31 bits per heavy atom. The van der Waals surface area contributed by atoms with Crippen LogP contribution in [-0.4, -0.2) is 55.1 Å². The molecule has 1 amide bonds. The van der Waals surface area contributed by atoms with Gasteiger partial charge in [-0.15, -0.1) is 0 Å². The maximum Gasteiger partial charge on any atom is 0.273 e. The first kappa shape index (κ1) is 19.0. The first-order chi connectivity index (χ1) is 12.4. The zero-order chi connectivity index (χ0) is 18.7. The van der Waals surface area contributed by atoms with Crippen molar-refractivity contribution in [2.45, 2.75) is 18.4 Å². The number of amides is 1. The Morgan fingerprint density at radius 3 is 2.54 bits per heavy atom. The maximum atomic E-state index is 12.6. The number of sulfonamides is 1. The Bertz CT molecular complexity index is 889. The summed E-state index contributed by atoms with van der Waals surface area (Å²) in [5.74, 6) is -0.314. The van der Waals surface area contributed by atoms with E-state index < -0.39 is 10.0 Å². The molecule has 1 aliphatic rings. The minimum atomic E-state index is -3.51. The van der Waals surface area contributed by atoms with Gasteiger partial charge in [-0.1, -0.05) is 12.1 Å². The van der Waals surface area contributed by atoms with Crippen LogP contribution in [0.3, 0.4) is 0 Å². The predicted molar refractivity (Wildman–Crippen MR) is 98.2 cm³/mol. The van der Waals surface area contributed by atoms with Crippen molar-refractivity contribution in [1.29, 1.82) is 0 Å². The molecule has 0 saturated carbocycles. The van der Waals surface area contributed by atoms with E-state index in [4.69, 9.17) is 4.74 Å². The fourth-order valence-electron chi connectivity index (χ4n) is 2.55. The highest BCUT2D eigenvalue weighted by atomic mass is 79.9. The molecule has 0 bridgehead atoms. The van der Waals surface area contributed by atoms with E-state index in [-0.39, 0.29) is 23.0 Å². The summed E-state index contributed by atoms with van der Waals surface area (Å²) in [6, 6.07) is 6.50. The number of morpholine rings is 1. The lowest BCUT2D eigenvalue weighted by Crippen LogP contribution is -2.40. The molecular weight excluding hydrogens is 424 g/mol. The number of hydrogen-bond donors (Lipinski definition) is 2. The largest absolute Gasteiger partial charge is 0.379 e. The van der Waals surface area contributed by atoms with E-state index in [1.165, 1.54) is 4.31 Å². The third kappa shape index (κ3) is 3.98. The zero-order valence-electron chi connectivity index (χ0n) is 14.2.